The molecule has 4 rings (SSSR count). The van der Waals surface area contributed by atoms with Gasteiger partial charge in [0.2, 0.25) is 5.91 Å². The average molecular weight is 385 g/mol. The molecule has 0 saturated heterocycles. The highest BCUT2D eigenvalue weighted by atomic mass is 35.5. The molecular formula is C20H17ClN2O2S. The van der Waals surface area contributed by atoms with Crippen molar-refractivity contribution in [1.82, 2.24) is 4.98 Å². The molecule has 0 bridgehead atoms. The van der Waals surface area contributed by atoms with Gasteiger partial charge in [-0.2, -0.15) is 0 Å². The van der Waals surface area contributed by atoms with Crippen molar-refractivity contribution in [2.75, 3.05) is 11.4 Å². The molecule has 26 heavy (non-hydrogen) atoms. The molecule has 1 amide bonds. The topological polar surface area (TPSA) is 42.4 Å². The Morgan fingerprint density at radius 2 is 2.00 bits per heavy atom. The SMILES string of the molecule is O=C(Cc1csc(COc2ccccc2Cl)n1)N1CCc2ccccc21. The molecule has 0 unspecified atom stereocenters. The van der Waals surface area contributed by atoms with E-state index in [-0.39, 0.29) is 5.91 Å². The highest BCUT2D eigenvalue weighted by Gasteiger charge is 2.24. The lowest BCUT2D eigenvalue weighted by molar-refractivity contribution is -0.117. The van der Waals surface area contributed by atoms with Gasteiger partial charge >= 0.3 is 0 Å². The Labute approximate surface area is 161 Å². The molecule has 4 nitrogen and oxygen atoms in total. The number of thiazole rings is 1. The summed E-state index contributed by atoms with van der Waals surface area (Å²) in [5.41, 5.74) is 3.03. The molecule has 1 aliphatic rings. The first-order valence-electron chi connectivity index (χ1n) is 8.39. The zero-order valence-corrected chi connectivity index (χ0v) is 15.6. The van der Waals surface area contributed by atoms with Gasteiger partial charge in [-0.15, -0.1) is 11.3 Å². The van der Waals surface area contributed by atoms with E-state index in [4.69, 9.17) is 16.3 Å². The van der Waals surface area contributed by atoms with Crippen LogP contribution in [-0.2, 0) is 24.2 Å². The number of fused-ring (bicyclic) bond motifs is 1. The maximum atomic E-state index is 12.7. The van der Waals surface area contributed by atoms with Crippen LogP contribution in [0.4, 0.5) is 5.69 Å². The number of carbonyl (C=O) groups excluding carboxylic acids is 1. The molecule has 3 aromatic rings. The minimum absolute atomic E-state index is 0.0822. The summed E-state index contributed by atoms with van der Waals surface area (Å²) in [5.74, 6) is 0.717. The number of anilines is 1. The van der Waals surface area contributed by atoms with E-state index in [0.717, 1.165) is 29.4 Å². The molecule has 0 spiro atoms. The van der Waals surface area contributed by atoms with Gasteiger partial charge in [-0.05, 0) is 30.2 Å². The van der Waals surface area contributed by atoms with E-state index in [9.17, 15) is 4.79 Å². The first kappa shape index (κ1) is 17.1. The van der Waals surface area contributed by atoms with Gasteiger partial charge in [-0.25, -0.2) is 4.98 Å². The molecular weight excluding hydrogens is 368 g/mol. The van der Waals surface area contributed by atoms with Crippen LogP contribution < -0.4 is 9.64 Å². The zero-order chi connectivity index (χ0) is 17.9. The molecule has 1 aliphatic heterocycles. The van der Waals surface area contributed by atoms with Crippen LogP contribution in [0.5, 0.6) is 5.75 Å². The lowest BCUT2D eigenvalue weighted by atomic mass is 10.2. The van der Waals surface area contributed by atoms with Crippen molar-refractivity contribution in [3.05, 3.63) is 75.2 Å². The minimum Gasteiger partial charge on any atom is -0.485 e. The van der Waals surface area contributed by atoms with Crippen molar-refractivity contribution < 1.29 is 9.53 Å². The quantitative estimate of drug-likeness (QED) is 0.650. The van der Waals surface area contributed by atoms with E-state index < -0.39 is 0 Å². The molecule has 0 fully saturated rings. The summed E-state index contributed by atoms with van der Waals surface area (Å²) in [5, 5.41) is 3.33. The van der Waals surface area contributed by atoms with Gasteiger partial charge in [-0.3, -0.25) is 4.79 Å². The lowest BCUT2D eigenvalue weighted by Gasteiger charge is -2.16. The highest BCUT2D eigenvalue weighted by Crippen LogP contribution is 2.28. The third-order valence-corrected chi connectivity index (χ3v) is 5.49. The van der Waals surface area contributed by atoms with E-state index in [0.29, 0.717) is 23.8 Å². The third-order valence-electron chi connectivity index (χ3n) is 4.31. The first-order valence-corrected chi connectivity index (χ1v) is 9.65. The van der Waals surface area contributed by atoms with Crippen LogP contribution in [0, 0.1) is 0 Å². The van der Waals surface area contributed by atoms with E-state index >= 15 is 0 Å². The Morgan fingerprint density at radius 3 is 2.88 bits per heavy atom. The number of aromatic nitrogens is 1. The number of halogens is 1. The fraction of sp³-hybridized carbons (Fsp3) is 0.200. The number of nitrogens with zero attached hydrogens (tertiary/aromatic N) is 2. The Kier molecular flexibility index (Phi) is 4.91. The second-order valence-electron chi connectivity index (χ2n) is 6.05. The summed E-state index contributed by atoms with van der Waals surface area (Å²) in [6.07, 6.45) is 1.22. The molecule has 2 aromatic carbocycles. The molecule has 0 N–H and O–H groups in total. The normalized spacial score (nSPS) is 12.9. The highest BCUT2D eigenvalue weighted by molar-refractivity contribution is 7.09. The number of amides is 1. The average Bonchev–Trinajstić information content (AvgIpc) is 3.28. The summed E-state index contributed by atoms with van der Waals surface area (Å²) in [4.78, 5) is 19.0. The molecule has 1 aromatic heterocycles. The van der Waals surface area contributed by atoms with E-state index in [1.165, 1.54) is 16.9 Å². The Morgan fingerprint density at radius 1 is 1.19 bits per heavy atom. The van der Waals surface area contributed by atoms with Crippen LogP contribution in [0.2, 0.25) is 5.02 Å². The summed E-state index contributed by atoms with van der Waals surface area (Å²) in [7, 11) is 0. The van der Waals surface area contributed by atoms with Crippen molar-refractivity contribution in [3.8, 4) is 5.75 Å². The number of rotatable bonds is 5. The van der Waals surface area contributed by atoms with Crippen molar-refractivity contribution in [3.63, 3.8) is 0 Å². The number of benzene rings is 2. The van der Waals surface area contributed by atoms with Gasteiger partial charge in [0.1, 0.15) is 17.4 Å². The van der Waals surface area contributed by atoms with Crippen LogP contribution in [0.3, 0.4) is 0 Å². The Balaban J connectivity index is 1.38. The zero-order valence-electron chi connectivity index (χ0n) is 14.0. The summed E-state index contributed by atoms with van der Waals surface area (Å²) >= 11 is 7.58. The number of ether oxygens (including phenoxy) is 1. The van der Waals surface area contributed by atoms with Crippen LogP contribution >= 0.6 is 22.9 Å². The second kappa shape index (κ2) is 7.48. The first-order chi connectivity index (χ1) is 12.7. The summed E-state index contributed by atoms with van der Waals surface area (Å²) < 4.78 is 5.71. The maximum Gasteiger partial charge on any atom is 0.233 e. The van der Waals surface area contributed by atoms with E-state index in [1.807, 2.05) is 46.7 Å². The molecule has 0 aliphatic carbocycles. The van der Waals surface area contributed by atoms with Gasteiger partial charge < -0.3 is 9.64 Å². The number of hydrogen-bond acceptors (Lipinski definition) is 4. The molecule has 6 heteroatoms. The van der Waals surface area contributed by atoms with E-state index in [2.05, 4.69) is 11.1 Å². The maximum absolute atomic E-state index is 12.7. The predicted octanol–water partition coefficient (Wildman–Crippen LogP) is 4.51. The molecule has 0 radical (unpaired) electrons. The van der Waals surface area contributed by atoms with Crippen molar-refractivity contribution in [2.24, 2.45) is 0 Å². The van der Waals surface area contributed by atoms with Crippen LogP contribution in [-0.4, -0.2) is 17.4 Å². The van der Waals surface area contributed by atoms with Gasteiger partial charge in [0.25, 0.3) is 0 Å². The van der Waals surface area contributed by atoms with Gasteiger partial charge in [0.15, 0.2) is 0 Å². The fourth-order valence-corrected chi connectivity index (χ4v) is 3.94. The monoisotopic (exact) mass is 384 g/mol. The summed E-state index contributed by atoms with van der Waals surface area (Å²) in [6.45, 7) is 1.08. The van der Waals surface area contributed by atoms with Gasteiger partial charge in [0, 0.05) is 17.6 Å². The predicted molar refractivity (Wildman–Crippen MR) is 104 cm³/mol. The number of hydrogen-bond donors (Lipinski definition) is 0. The van der Waals surface area contributed by atoms with Crippen LogP contribution in [0.1, 0.15) is 16.3 Å². The largest absolute Gasteiger partial charge is 0.485 e. The number of para-hydroxylation sites is 2. The molecule has 0 saturated carbocycles. The molecule has 132 valence electrons. The Hall–Kier alpha value is -2.37. The van der Waals surface area contributed by atoms with Crippen molar-refractivity contribution in [2.45, 2.75) is 19.4 Å². The van der Waals surface area contributed by atoms with E-state index in [1.54, 1.807) is 6.07 Å². The third kappa shape index (κ3) is 3.59. The fourth-order valence-electron chi connectivity index (χ4n) is 3.05. The second-order valence-corrected chi connectivity index (χ2v) is 7.40. The smallest absolute Gasteiger partial charge is 0.233 e. The van der Waals surface area contributed by atoms with Gasteiger partial charge in [0.05, 0.1) is 17.1 Å². The van der Waals surface area contributed by atoms with Gasteiger partial charge in [-0.1, -0.05) is 41.9 Å². The van der Waals surface area contributed by atoms with Crippen molar-refractivity contribution in [1.29, 1.82) is 0 Å². The summed E-state index contributed by atoms with van der Waals surface area (Å²) in [6, 6.07) is 15.4. The molecule has 2 heterocycles. The standard InChI is InChI=1S/C20H17ClN2O2S/c21-16-6-2-4-8-18(16)25-12-19-22-15(13-26-19)11-20(24)23-10-9-14-5-1-3-7-17(14)23/h1-8,13H,9-12H2. The van der Waals surface area contributed by atoms with Crippen LogP contribution in [0.25, 0.3) is 0 Å². The minimum atomic E-state index is 0.0822. The van der Waals surface area contributed by atoms with Crippen molar-refractivity contribution >= 4 is 34.5 Å². The lowest BCUT2D eigenvalue weighted by Crippen LogP contribution is -2.30. The Bertz CT molecular complexity index is 941. The molecule has 0 atom stereocenters. The van der Waals surface area contributed by atoms with Crippen LogP contribution in [0.15, 0.2) is 53.9 Å². The number of carbonyl (C=O) groups is 1.